The molecule has 15 heavy (non-hydrogen) atoms. The van der Waals surface area contributed by atoms with Crippen LogP contribution in [0.1, 0.15) is 47.0 Å². The number of aliphatic hydroxyl groups is 1. The summed E-state index contributed by atoms with van der Waals surface area (Å²) in [5.74, 6) is 0. The first-order chi connectivity index (χ1) is 7.15. The molecule has 0 amide bonds. The van der Waals surface area contributed by atoms with Crippen molar-refractivity contribution in [1.29, 1.82) is 0 Å². The number of hydrogen-bond acceptors (Lipinski definition) is 3. The van der Waals surface area contributed by atoms with Gasteiger partial charge in [-0.25, -0.2) is 0 Å². The van der Waals surface area contributed by atoms with Crippen molar-refractivity contribution < 1.29 is 5.11 Å². The van der Waals surface area contributed by atoms with Crippen LogP contribution in [-0.4, -0.2) is 34.8 Å². The lowest BCUT2D eigenvalue weighted by atomic mass is 10.1. The van der Waals surface area contributed by atoms with Crippen molar-refractivity contribution in [3.63, 3.8) is 0 Å². The molecule has 0 heterocycles. The number of aliphatic hydroxyl groups excluding tert-OH is 1. The van der Waals surface area contributed by atoms with Gasteiger partial charge in [0.25, 0.3) is 0 Å². The molecule has 3 heteroatoms. The van der Waals surface area contributed by atoms with Crippen LogP contribution in [0.2, 0.25) is 0 Å². The van der Waals surface area contributed by atoms with Crippen molar-refractivity contribution in [3.8, 4) is 0 Å². The van der Waals surface area contributed by atoms with Gasteiger partial charge in [-0.15, -0.1) is 0 Å². The molecule has 2 N–H and O–H groups in total. The second-order valence-corrected chi connectivity index (χ2v) is 5.95. The summed E-state index contributed by atoms with van der Waals surface area (Å²) in [6.07, 6.45) is 3.28. The summed E-state index contributed by atoms with van der Waals surface area (Å²) < 4.78 is 0. The predicted octanol–water partition coefficient (Wildman–Crippen LogP) is 2.66. The molecule has 0 aliphatic rings. The second kappa shape index (κ2) is 9.49. The molecule has 0 aliphatic heterocycles. The van der Waals surface area contributed by atoms with Crippen LogP contribution in [0.15, 0.2) is 0 Å². The van der Waals surface area contributed by atoms with Crippen LogP contribution >= 0.6 is 11.8 Å². The Kier molecular flexibility index (Phi) is 9.66. The highest BCUT2D eigenvalue weighted by Crippen LogP contribution is 2.23. The Hall–Kier alpha value is 0.270. The van der Waals surface area contributed by atoms with Gasteiger partial charge in [0.05, 0.1) is 0 Å². The lowest BCUT2D eigenvalue weighted by molar-refractivity contribution is 0.288. The van der Waals surface area contributed by atoms with Gasteiger partial charge < -0.3 is 10.4 Å². The van der Waals surface area contributed by atoms with Crippen molar-refractivity contribution in [3.05, 3.63) is 0 Å². The first-order valence-electron chi connectivity index (χ1n) is 6.15. The smallest absolute Gasteiger partial charge is 0.0441 e. The van der Waals surface area contributed by atoms with Gasteiger partial charge in [0.15, 0.2) is 0 Å². The first-order valence-corrected chi connectivity index (χ1v) is 7.09. The summed E-state index contributed by atoms with van der Waals surface area (Å²) in [5.41, 5.74) is 0. The van der Waals surface area contributed by atoms with Gasteiger partial charge in [-0.05, 0) is 25.8 Å². The van der Waals surface area contributed by atoms with Crippen LogP contribution < -0.4 is 5.32 Å². The Balaban J connectivity index is 3.85. The normalized spacial score (nSPS) is 17.4. The summed E-state index contributed by atoms with van der Waals surface area (Å²) in [5, 5.41) is 13.6. The van der Waals surface area contributed by atoms with E-state index in [0.717, 1.165) is 13.0 Å². The predicted molar refractivity (Wildman–Crippen MR) is 70.6 cm³/mol. The van der Waals surface area contributed by atoms with Crippen LogP contribution in [0.4, 0.5) is 0 Å². The summed E-state index contributed by atoms with van der Waals surface area (Å²) >= 11 is 1.98. The van der Waals surface area contributed by atoms with Gasteiger partial charge in [-0.2, -0.15) is 11.8 Å². The van der Waals surface area contributed by atoms with Gasteiger partial charge in [-0.3, -0.25) is 0 Å². The van der Waals surface area contributed by atoms with E-state index in [0.29, 0.717) is 23.1 Å². The van der Waals surface area contributed by atoms with Gasteiger partial charge in [0.2, 0.25) is 0 Å². The third-order valence-corrected chi connectivity index (χ3v) is 4.10. The van der Waals surface area contributed by atoms with Crippen molar-refractivity contribution in [2.24, 2.45) is 0 Å². The summed E-state index contributed by atoms with van der Waals surface area (Å²) in [7, 11) is 0. The summed E-state index contributed by atoms with van der Waals surface area (Å²) in [4.78, 5) is 0. The maximum atomic E-state index is 8.86. The average molecular weight is 233 g/mol. The van der Waals surface area contributed by atoms with Crippen molar-refractivity contribution >= 4 is 11.8 Å². The molecule has 0 bridgehead atoms. The van der Waals surface area contributed by atoms with E-state index in [1.165, 1.54) is 12.8 Å². The van der Waals surface area contributed by atoms with E-state index in [1.54, 1.807) is 0 Å². The minimum absolute atomic E-state index is 0.306. The molecule has 0 aliphatic carbocycles. The van der Waals surface area contributed by atoms with E-state index in [4.69, 9.17) is 5.11 Å². The third kappa shape index (κ3) is 7.20. The van der Waals surface area contributed by atoms with E-state index in [-0.39, 0.29) is 0 Å². The monoisotopic (exact) mass is 233 g/mol. The Bertz CT molecular complexity index is 144. The highest BCUT2D eigenvalue weighted by molar-refractivity contribution is 8.00. The zero-order valence-corrected chi connectivity index (χ0v) is 11.4. The molecule has 0 saturated heterocycles. The Labute approximate surface area is 99.2 Å². The molecule has 0 rings (SSSR count). The number of hydrogen-bond donors (Lipinski definition) is 2. The fourth-order valence-corrected chi connectivity index (χ4v) is 3.14. The van der Waals surface area contributed by atoms with Crippen LogP contribution in [0.25, 0.3) is 0 Å². The standard InChI is InChI=1S/C12H27NOS/c1-5-8-13-12(6-2)11(4)15-10(3)7-9-14/h10-14H,5-9H2,1-4H3. The first kappa shape index (κ1) is 15.3. The Morgan fingerprint density at radius 2 is 1.93 bits per heavy atom. The van der Waals surface area contributed by atoms with Crippen molar-refractivity contribution in [2.75, 3.05) is 13.2 Å². The van der Waals surface area contributed by atoms with E-state index in [2.05, 4.69) is 33.0 Å². The highest BCUT2D eigenvalue weighted by Gasteiger charge is 2.17. The largest absolute Gasteiger partial charge is 0.396 e. The van der Waals surface area contributed by atoms with Crippen LogP contribution in [-0.2, 0) is 0 Å². The highest BCUT2D eigenvalue weighted by atomic mass is 32.2. The topological polar surface area (TPSA) is 32.3 Å². The molecular formula is C12H27NOS. The fraction of sp³-hybridized carbons (Fsp3) is 1.00. The molecule has 2 nitrogen and oxygen atoms in total. The maximum Gasteiger partial charge on any atom is 0.0441 e. The summed E-state index contributed by atoms with van der Waals surface area (Å²) in [6, 6.07) is 0.607. The maximum absolute atomic E-state index is 8.86. The molecule has 3 unspecified atom stereocenters. The van der Waals surface area contributed by atoms with Crippen LogP contribution in [0.5, 0.6) is 0 Å². The van der Waals surface area contributed by atoms with Gasteiger partial charge in [0.1, 0.15) is 0 Å². The van der Waals surface area contributed by atoms with E-state index < -0.39 is 0 Å². The molecule has 3 atom stereocenters. The number of nitrogens with one attached hydrogen (secondary N) is 1. The lowest BCUT2D eigenvalue weighted by Gasteiger charge is -2.26. The SMILES string of the molecule is CCCNC(CC)C(C)SC(C)CCO. The van der Waals surface area contributed by atoms with Gasteiger partial charge in [-0.1, -0.05) is 27.7 Å². The Morgan fingerprint density at radius 1 is 1.27 bits per heavy atom. The van der Waals surface area contributed by atoms with Crippen LogP contribution in [0.3, 0.4) is 0 Å². The molecule has 0 saturated carbocycles. The van der Waals surface area contributed by atoms with E-state index in [9.17, 15) is 0 Å². The van der Waals surface area contributed by atoms with E-state index in [1.807, 2.05) is 11.8 Å². The van der Waals surface area contributed by atoms with Crippen molar-refractivity contribution in [1.82, 2.24) is 5.32 Å². The summed E-state index contributed by atoms with van der Waals surface area (Å²) in [6.45, 7) is 10.3. The quantitative estimate of drug-likeness (QED) is 0.642. The van der Waals surface area contributed by atoms with E-state index >= 15 is 0 Å². The molecule has 0 radical (unpaired) electrons. The molecule has 0 aromatic rings. The molecule has 0 spiro atoms. The van der Waals surface area contributed by atoms with Gasteiger partial charge >= 0.3 is 0 Å². The van der Waals surface area contributed by atoms with Gasteiger partial charge in [0, 0.05) is 23.1 Å². The minimum atomic E-state index is 0.306. The number of thioether (sulfide) groups is 1. The second-order valence-electron chi connectivity index (χ2n) is 4.13. The average Bonchev–Trinajstić information content (AvgIpc) is 2.19. The zero-order chi connectivity index (χ0) is 11.7. The lowest BCUT2D eigenvalue weighted by Crippen LogP contribution is -2.37. The van der Waals surface area contributed by atoms with Crippen LogP contribution in [0, 0.1) is 0 Å². The molecule has 0 aromatic heterocycles. The fourth-order valence-electron chi connectivity index (χ4n) is 1.68. The Morgan fingerprint density at radius 3 is 2.40 bits per heavy atom. The molecule has 92 valence electrons. The number of rotatable bonds is 9. The molecule has 0 aromatic carbocycles. The zero-order valence-electron chi connectivity index (χ0n) is 10.6. The van der Waals surface area contributed by atoms with Crippen molar-refractivity contribution in [2.45, 2.75) is 63.5 Å². The minimum Gasteiger partial charge on any atom is -0.396 e. The third-order valence-electron chi connectivity index (χ3n) is 2.65. The molecular weight excluding hydrogens is 206 g/mol. The molecule has 0 fully saturated rings.